The number of rotatable bonds is 2. The van der Waals surface area contributed by atoms with Gasteiger partial charge >= 0.3 is 0 Å². The van der Waals surface area contributed by atoms with Gasteiger partial charge in [0.25, 0.3) is 5.69 Å². The topological polar surface area (TPSA) is 71.8 Å². The Kier molecular flexibility index (Phi) is 2.07. The summed E-state index contributed by atoms with van der Waals surface area (Å²) in [5, 5.41) is 10.8. The molecule has 1 fully saturated rings. The maximum absolute atomic E-state index is 10.8. The zero-order valence-corrected chi connectivity index (χ0v) is 10.2. The van der Waals surface area contributed by atoms with Crippen LogP contribution in [-0.4, -0.2) is 14.9 Å². The summed E-state index contributed by atoms with van der Waals surface area (Å²) in [5.41, 5.74) is 1.68. The second-order valence-electron chi connectivity index (χ2n) is 5.47. The zero-order valence-electron chi connectivity index (χ0n) is 10.2. The van der Waals surface area contributed by atoms with Crippen LogP contribution in [0.2, 0.25) is 0 Å². The number of nitrogens with one attached hydrogen (secondary N) is 1. The maximum Gasteiger partial charge on any atom is 0.271 e. The molecule has 5 heteroatoms. The van der Waals surface area contributed by atoms with Gasteiger partial charge in [-0.05, 0) is 30.7 Å². The quantitative estimate of drug-likeness (QED) is 0.509. The van der Waals surface area contributed by atoms with Gasteiger partial charge in [-0.15, -0.1) is 0 Å². The monoisotopic (exact) mass is 255 g/mol. The Labute approximate surface area is 109 Å². The number of aromatic amines is 1. The number of imidazole rings is 1. The number of hydrogen-bond acceptors (Lipinski definition) is 3. The molecule has 1 aromatic carbocycles. The van der Waals surface area contributed by atoms with Gasteiger partial charge in [-0.1, -0.05) is 12.2 Å². The highest BCUT2D eigenvalue weighted by Crippen LogP contribution is 2.48. The fourth-order valence-electron chi connectivity index (χ4n) is 3.40. The highest BCUT2D eigenvalue weighted by Gasteiger charge is 2.38. The lowest BCUT2D eigenvalue weighted by Gasteiger charge is -2.14. The Morgan fingerprint density at radius 2 is 2.21 bits per heavy atom. The standard InChI is InChI=1S/C14H13N3O2/c18-17(19)10-3-4-12-13(7-10)16-14(15-12)11-6-8-1-2-9(11)5-8/h1-4,7-9,11H,5-6H2,(H,15,16). The highest BCUT2D eigenvalue weighted by atomic mass is 16.6. The van der Waals surface area contributed by atoms with Crippen LogP contribution in [0, 0.1) is 22.0 Å². The fourth-order valence-corrected chi connectivity index (χ4v) is 3.40. The number of nitro groups is 1. The molecular weight excluding hydrogens is 242 g/mol. The lowest BCUT2D eigenvalue weighted by atomic mass is 9.93. The molecule has 4 rings (SSSR count). The summed E-state index contributed by atoms with van der Waals surface area (Å²) < 4.78 is 0. The van der Waals surface area contributed by atoms with Crippen molar-refractivity contribution in [3.63, 3.8) is 0 Å². The van der Waals surface area contributed by atoms with Gasteiger partial charge in [0, 0.05) is 18.1 Å². The summed E-state index contributed by atoms with van der Waals surface area (Å²) in [6.07, 6.45) is 6.95. The smallest absolute Gasteiger partial charge is 0.271 e. The fraction of sp³-hybridized carbons (Fsp3) is 0.357. The number of aromatic nitrogens is 2. The van der Waals surface area contributed by atoms with Crippen LogP contribution < -0.4 is 0 Å². The number of allylic oxidation sites excluding steroid dienone is 2. The third-order valence-corrected chi connectivity index (χ3v) is 4.32. The predicted octanol–water partition coefficient (Wildman–Crippen LogP) is 3.15. The molecule has 0 radical (unpaired) electrons. The van der Waals surface area contributed by atoms with Crippen molar-refractivity contribution in [1.29, 1.82) is 0 Å². The van der Waals surface area contributed by atoms with E-state index in [0.29, 0.717) is 17.8 Å². The van der Waals surface area contributed by atoms with Crippen molar-refractivity contribution >= 4 is 16.7 Å². The summed E-state index contributed by atoms with van der Waals surface area (Å²) in [6, 6.07) is 4.79. The molecular formula is C14H13N3O2. The van der Waals surface area contributed by atoms with Crippen LogP contribution in [0.5, 0.6) is 0 Å². The van der Waals surface area contributed by atoms with Crippen molar-refractivity contribution in [3.8, 4) is 0 Å². The summed E-state index contributed by atoms with van der Waals surface area (Å²) in [7, 11) is 0. The van der Waals surface area contributed by atoms with E-state index in [1.807, 2.05) is 0 Å². The van der Waals surface area contributed by atoms with Gasteiger partial charge in [-0.25, -0.2) is 4.98 Å². The minimum absolute atomic E-state index is 0.107. The zero-order chi connectivity index (χ0) is 13.0. The molecule has 19 heavy (non-hydrogen) atoms. The van der Waals surface area contributed by atoms with Crippen LogP contribution in [-0.2, 0) is 0 Å². The van der Waals surface area contributed by atoms with Gasteiger partial charge < -0.3 is 4.98 Å². The molecule has 2 aromatic rings. The minimum atomic E-state index is -0.375. The molecule has 2 bridgehead atoms. The molecule has 1 heterocycles. The molecule has 0 spiro atoms. The van der Waals surface area contributed by atoms with Gasteiger partial charge in [0.2, 0.25) is 0 Å². The van der Waals surface area contributed by atoms with E-state index in [2.05, 4.69) is 22.1 Å². The van der Waals surface area contributed by atoms with Crippen LogP contribution in [0.15, 0.2) is 30.4 Å². The van der Waals surface area contributed by atoms with E-state index >= 15 is 0 Å². The lowest BCUT2D eigenvalue weighted by molar-refractivity contribution is -0.384. The number of hydrogen-bond donors (Lipinski definition) is 1. The third kappa shape index (κ3) is 1.58. The SMILES string of the molecule is O=[N+]([O-])c1ccc2nc(C3CC4C=CC3C4)[nH]c2c1. The first-order chi connectivity index (χ1) is 9.20. The van der Waals surface area contributed by atoms with Gasteiger partial charge in [0.05, 0.1) is 16.0 Å². The van der Waals surface area contributed by atoms with Crippen molar-refractivity contribution < 1.29 is 4.92 Å². The van der Waals surface area contributed by atoms with Crippen molar-refractivity contribution in [2.45, 2.75) is 18.8 Å². The molecule has 0 saturated heterocycles. The van der Waals surface area contributed by atoms with Crippen LogP contribution >= 0.6 is 0 Å². The molecule has 1 aromatic heterocycles. The Hall–Kier alpha value is -2.17. The molecule has 0 amide bonds. The molecule has 96 valence electrons. The number of nitrogens with zero attached hydrogens (tertiary/aromatic N) is 2. The normalized spacial score (nSPS) is 28.3. The average molecular weight is 255 g/mol. The summed E-state index contributed by atoms with van der Waals surface area (Å²) in [5.74, 6) is 2.70. The largest absolute Gasteiger partial charge is 0.342 e. The Morgan fingerprint density at radius 3 is 2.89 bits per heavy atom. The van der Waals surface area contributed by atoms with Crippen molar-refractivity contribution in [2.75, 3.05) is 0 Å². The van der Waals surface area contributed by atoms with Gasteiger partial charge in [0.1, 0.15) is 5.82 Å². The Morgan fingerprint density at radius 1 is 1.32 bits per heavy atom. The first kappa shape index (κ1) is 10.7. The van der Waals surface area contributed by atoms with E-state index in [9.17, 15) is 10.1 Å². The molecule has 3 unspecified atom stereocenters. The van der Waals surface area contributed by atoms with Crippen LogP contribution in [0.25, 0.3) is 11.0 Å². The number of benzene rings is 1. The van der Waals surface area contributed by atoms with E-state index in [0.717, 1.165) is 23.3 Å². The van der Waals surface area contributed by atoms with Gasteiger partial charge in [-0.3, -0.25) is 10.1 Å². The predicted molar refractivity (Wildman–Crippen MR) is 70.8 cm³/mol. The first-order valence-corrected chi connectivity index (χ1v) is 6.53. The molecule has 1 N–H and O–H groups in total. The Bertz CT molecular complexity index is 704. The second kappa shape index (κ2) is 3.66. The number of nitro benzene ring substituents is 1. The average Bonchev–Trinajstić information content (AvgIpc) is 3.11. The lowest BCUT2D eigenvalue weighted by Crippen LogP contribution is -2.06. The molecule has 2 aliphatic carbocycles. The van der Waals surface area contributed by atoms with E-state index < -0.39 is 0 Å². The van der Waals surface area contributed by atoms with E-state index in [-0.39, 0.29) is 10.6 Å². The second-order valence-corrected chi connectivity index (χ2v) is 5.47. The summed E-state index contributed by atoms with van der Waals surface area (Å²) in [6.45, 7) is 0. The molecule has 3 atom stereocenters. The van der Waals surface area contributed by atoms with Crippen LogP contribution in [0.4, 0.5) is 5.69 Å². The molecule has 1 saturated carbocycles. The molecule has 0 aliphatic heterocycles. The van der Waals surface area contributed by atoms with Crippen LogP contribution in [0.3, 0.4) is 0 Å². The first-order valence-electron chi connectivity index (χ1n) is 6.53. The van der Waals surface area contributed by atoms with Crippen molar-refractivity contribution in [3.05, 3.63) is 46.3 Å². The third-order valence-electron chi connectivity index (χ3n) is 4.32. The summed E-state index contributed by atoms with van der Waals surface area (Å²) in [4.78, 5) is 18.3. The van der Waals surface area contributed by atoms with Gasteiger partial charge in [-0.2, -0.15) is 0 Å². The minimum Gasteiger partial charge on any atom is -0.342 e. The molecule has 5 nitrogen and oxygen atoms in total. The number of H-pyrrole nitrogens is 1. The highest BCUT2D eigenvalue weighted by molar-refractivity contribution is 5.77. The van der Waals surface area contributed by atoms with Crippen LogP contribution in [0.1, 0.15) is 24.6 Å². The van der Waals surface area contributed by atoms with E-state index in [4.69, 9.17) is 0 Å². The van der Waals surface area contributed by atoms with Crippen molar-refractivity contribution in [2.24, 2.45) is 11.8 Å². The number of non-ortho nitro benzene ring substituents is 1. The number of fused-ring (bicyclic) bond motifs is 3. The van der Waals surface area contributed by atoms with Crippen molar-refractivity contribution in [1.82, 2.24) is 9.97 Å². The van der Waals surface area contributed by atoms with Gasteiger partial charge in [0.15, 0.2) is 0 Å². The van der Waals surface area contributed by atoms with E-state index in [1.165, 1.54) is 12.5 Å². The molecule has 2 aliphatic rings. The maximum atomic E-state index is 10.8. The Balaban J connectivity index is 1.76. The summed E-state index contributed by atoms with van der Waals surface area (Å²) >= 11 is 0. The van der Waals surface area contributed by atoms with E-state index in [1.54, 1.807) is 12.1 Å².